The Morgan fingerprint density at radius 3 is 2.50 bits per heavy atom. The lowest BCUT2D eigenvalue weighted by Gasteiger charge is -2.23. The molecule has 0 amide bonds. The molecule has 0 saturated heterocycles. The number of fused-ring (bicyclic) bond motifs is 1. The van der Waals surface area contributed by atoms with Gasteiger partial charge in [-0.2, -0.15) is 0 Å². The predicted octanol–water partition coefficient (Wildman–Crippen LogP) is 3.55. The second-order valence-electron chi connectivity index (χ2n) is 5.76. The molecule has 1 aromatic carbocycles. The van der Waals surface area contributed by atoms with Crippen molar-refractivity contribution in [3.63, 3.8) is 0 Å². The van der Waals surface area contributed by atoms with Crippen LogP contribution >= 0.6 is 37.2 Å². The van der Waals surface area contributed by atoms with E-state index in [2.05, 4.69) is 42.5 Å². The number of halogens is 3. The Labute approximate surface area is 163 Å². The lowest BCUT2D eigenvalue weighted by Crippen LogP contribution is -2.44. The summed E-state index contributed by atoms with van der Waals surface area (Å²) in [5.74, 6) is 1.33. The Morgan fingerprint density at radius 2 is 1.92 bits per heavy atom. The first-order valence-corrected chi connectivity index (χ1v) is 7.62. The molecule has 1 aliphatic rings. The molecule has 2 atom stereocenters. The van der Waals surface area contributed by atoms with Gasteiger partial charge >= 0.3 is 0 Å². The number of hydrogen-bond donors (Lipinski definition) is 3. The van der Waals surface area contributed by atoms with E-state index in [-0.39, 0.29) is 43.3 Å². The summed E-state index contributed by atoms with van der Waals surface area (Å²) in [6, 6.07) is 6.53. The summed E-state index contributed by atoms with van der Waals surface area (Å²) in [7, 11) is 0. The summed E-state index contributed by atoms with van der Waals surface area (Å²) < 4.78 is 5.71. The van der Waals surface area contributed by atoms with Gasteiger partial charge in [-0.3, -0.25) is 10.6 Å². The van der Waals surface area contributed by atoms with Crippen molar-refractivity contribution in [1.29, 1.82) is 0 Å². The minimum Gasteiger partial charge on any atom is -0.481 e. The molecular weight excluding hydrogens is 371 g/mol. The lowest BCUT2D eigenvalue weighted by molar-refractivity contribution is 0.281. The molecule has 0 aromatic heterocycles. The molecule has 4 N–H and O–H groups in total. The standard InChI is InChI=1S/C16H26N4O.3ClH/c1-5-15(19-10(2)3)18-9-12-6-7-14-13(8-12)20-16(17)11(4)21-14;;;/h6-8,10-11,15,18-19H,5,9H2,1-4H3,(H2,17,20);3*1H. The van der Waals surface area contributed by atoms with Crippen LogP contribution in [0.25, 0.3) is 0 Å². The first-order chi connectivity index (χ1) is 9.99. The van der Waals surface area contributed by atoms with Gasteiger partial charge in [0.1, 0.15) is 17.3 Å². The van der Waals surface area contributed by atoms with E-state index >= 15 is 0 Å². The van der Waals surface area contributed by atoms with Gasteiger partial charge in [-0.15, -0.1) is 37.2 Å². The molecule has 24 heavy (non-hydrogen) atoms. The topological polar surface area (TPSA) is 71.7 Å². The molecule has 140 valence electrons. The third-order valence-electron chi connectivity index (χ3n) is 3.49. The number of hydrogen-bond acceptors (Lipinski definition) is 5. The van der Waals surface area contributed by atoms with Crippen LogP contribution in [0.2, 0.25) is 0 Å². The number of nitrogens with two attached hydrogens (primary N) is 1. The molecule has 8 heteroatoms. The first kappa shape index (κ1) is 25.5. The fourth-order valence-corrected chi connectivity index (χ4v) is 2.31. The van der Waals surface area contributed by atoms with Crippen molar-refractivity contribution in [3.8, 4) is 5.75 Å². The van der Waals surface area contributed by atoms with E-state index in [4.69, 9.17) is 10.5 Å². The van der Waals surface area contributed by atoms with Gasteiger partial charge in [0, 0.05) is 12.6 Å². The van der Waals surface area contributed by atoms with Gasteiger partial charge in [-0.1, -0.05) is 13.0 Å². The molecule has 1 aliphatic heterocycles. The molecule has 0 bridgehead atoms. The van der Waals surface area contributed by atoms with Crippen molar-refractivity contribution in [2.75, 3.05) is 0 Å². The summed E-state index contributed by atoms with van der Waals surface area (Å²) in [4.78, 5) is 4.41. The van der Waals surface area contributed by atoms with Crippen LogP contribution in [0.4, 0.5) is 5.69 Å². The molecule has 1 aromatic rings. The van der Waals surface area contributed by atoms with E-state index in [0.717, 1.165) is 24.4 Å². The highest BCUT2D eigenvalue weighted by atomic mass is 35.5. The first-order valence-electron chi connectivity index (χ1n) is 7.62. The van der Waals surface area contributed by atoms with Crippen molar-refractivity contribution < 1.29 is 4.74 Å². The van der Waals surface area contributed by atoms with Crippen LogP contribution in [-0.2, 0) is 6.54 Å². The number of nitrogens with zero attached hydrogens (tertiary/aromatic N) is 1. The quantitative estimate of drug-likeness (QED) is 0.640. The van der Waals surface area contributed by atoms with Gasteiger partial charge in [-0.25, -0.2) is 4.99 Å². The van der Waals surface area contributed by atoms with E-state index < -0.39 is 0 Å². The zero-order chi connectivity index (χ0) is 15.4. The highest BCUT2D eigenvalue weighted by Crippen LogP contribution is 2.32. The fourth-order valence-electron chi connectivity index (χ4n) is 2.31. The van der Waals surface area contributed by atoms with Crippen LogP contribution < -0.4 is 21.1 Å². The Hall–Kier alpha value is -0.720. The molecule has 2 rings (SSSR count). The molecular formula is C16H29Cl3N4O. The Kier molecular flexibility index (Phi) is 12.5. The molecule has 5 nitrogen and oxygen atoms in total. The number of amidine groups is 1. The summed E-state index contributed by atoms with van der Waals surface area (Å²) in [5.41, 5.74) is 7.83. The van der Waals surface area contributed by atoms with Crippen molar-refractivity contribution in [3.05, 3.63) is 23.8 Å². The molecule has 0 fully saturated rings. The van der Waals surface area contributed by atoms with E-state index in [9.17, 15) is 0 Å². The largest absolute Gasteiger partial charge is 0.481 e. The highest BCUT2D eigenvalue weighted by Gasteiger charge is 2.18. The summed E-state index contributed by atoms with van der Waals surface area (Å²) >= 11 is 0. The van der Waals surface area contributed by atoms with Gasteiger partial charge in [0.05, 0.1) is 6.17 Å². The summed E-state index contributed by atoms with van der Waals surface area (Å²) in [6.07, 6.45) is 1.20. The minimum absolute atomic E-state index is 0. The van der Waals surface area contributed by atoms with Crippen molar-refractivity contribution in [2.24, 2.45) is 10.7 Å². The van der Waals surface area contributed by atoms with Gasteiger partial charge < -0.3 is 10.5 Å². The van der Waals surface area contributed by atoms with Gasteiger partial charge in [0.2, 0.25) is 0 Å². The Bertz CT molecular complexity index is 526. The number of nitrogens with one attached hydrogen (secondary N) is 2. The van der Waals surface area contributed by atoms with E-state index in [1.807, 2.05) is 19.1 Å². The second kappa shape index (κ2) is 11.8. The van der Waals surface area contributed by atoms with Crippen molar-refractivity contribution in [1.82, 2.24) is 10.6 Å². The molecule has 2 unspecified atom stereocenters. The third kappa shape index (κ3) is 7.03. The third-order valence-corrected chi connectivity index (χ3v) is 3.49. The van der Waals surface area contributed by atoms with E-state index in [0.29, 0.717) is 18.0 Å². The van der Waals surface area contributed by atoms with Crippen LogP contribution in [0.15, 0.2) is 23.2 Å². The summed E-state index contributed by atoms with van der Waals surface area (Å²) in [6.45, 7) is 9.16. The SMILES string of the molecule is CCC(NCc1ccc2c(c1)N=C(N)C(C)O2)NC(C)C.Cl.Cl.Cl. The average molecular weight is 400 g/mol. The van der Waals surface area contributed by atoms with Gasteiger partial charge in [0.25, 0.3) is 0 Å². The van der Waals surface area contributed by atoms with Crippen LogP contribution in [0.3, 0.4) is 0 Å². The predicted molar refractivity (Wildman–Crippen MR) is 109 cm³/mol. The number of benzene rings is 1. The normalized spacial score (nSPS) is 16.5. The number of aliphatic imine (C=N–C) groups is 1. The number of ether oxygens (including phenoxy) is 1. The smallest absolute Gasteiger partial charge is 0.153 e. The van der Waals surface area contributed by atoms with Crippen LogP contribution in [0.1, 0.15) is 39.7 Å². The zero-order valence-corrected chi connectivity index (χ0v) is 17.0. The Morgan fingerprint density at radius 1 is 1.25 bits per heavy atom. The van der Waals surface area contributed by atoms with Crippen molar-refractivity contribution in [2.45, 2.75) is 59.0 Å². The molecule has 0 radical (unpaired) electrons. The average Bonchev–Trinajstić information content (AvgIpc) is 2.44. The zero-order valence-electron chi connectivity index (χ0n) is 14.5. The van der Waals surface area contributed by atoms with Gasteiger partial charge in [0.15, 0.2) is 6.10 Å². The monoisotopic (exact) mass is 398 g/mol. The lowest BCUT2D eigenvalue weighted by atomic mass is 10.1. The van der Waals surface area contributed by atoms with Crippen molar-refractivity contribution >= 4 is 48.7 Å². The second-order valence-corrected chi connectivity index (χ2v) is 5.76. The van der Waals surface area contributed by atoms with Gasteiger partial charge in [-0.05, 0) is 44.9 Å². The number of rotatable bonds is 6. The van der Waals surface area contributed by atoms with E-state index in [1.54, 1.807) is 0 Å². The molecule has 1 heterocycles. The summed E-state index contributed by atoms with van der Waals surface area (Å²) in [5, 5.41) is 7.00. The van der Waals surface area contributed by atoms with Crippen LogP contribution in [0.5, 0.6) is 5.75 Å². The molecule has 0 aliphatic carbocycles. The maximum atomic E-state index is 5.84. The minimum atomic E-state index is -0.152. The van der Waals surface area contributed by atoms with E-state index in [1.165, 1.54) is 5.56 Å². The molecule has 0 saturated carbocycles. The maximum Gasteiger partial charge on any atom is 0.153 e. The maximum absolute atomic E-state index is 5.84. The highest BCUT2D eigenvalue weighted by molar-refractivity contribution is 5.89. The van der Waals surface area contributed by atoms with Crippen LogP contribution in [-0.4, -0.2) is 24.1 Å². The molecule has 0 spiro atoms. The van der Waals surface area contributed by atoms with Crippen LogP contribution in [0, 0.1) is 0 Å². The Balaban J connectivity index is 0. The fraction of sp³-hybridized carbons (Fsp3) is 0.562.